The van der Waals surface area contributed by atoms with E-state index in [4.69, 9.17) is 4.74 Å². The number of aromatic nitrogens is 2. The second-order valence-electron chi connectivity index (χ2n) is 6.52. The molecule has 25 heavy (non-hydrogen) atoms. The molecule has 1 saturated heterocycles. The number of benzene rings is 2. The first-order valence-corrected chi connectivity index (χ1v) is 8.64. The smallest absolute Gasteiger partial charge is 0.251 e. The fourth-order valence-electron chi connectivity index (χ4n) is 3.26. The predicted octanol–water partition coefficient (Wildman–Crippen LogP) is 3.56. The molecular formula is C20H21N3O2. The molecule has 0 aliphatic carbocycles. The molecule has 2 N–H and O–H groups in total. The number of ether oxygens (including phenoxy) is 1. The van der Waals surface area contributed by atoms with E-state index in [0.29, 0.717) is 11.5 Å². The van der Waals surface area contributed by atoms with Gasteiger partial charge in [-0.05, 0) is 43.2 Å². The summed E-state index contributed by atoms with van der Waals surface area (Å²) in [7, 11) is 0. The van der Waals surface area contributed by atoms with E-state index in [1.165, 1.54) is 5.56 Å². The van der Waals surface area contributed by atoms with Crippen LogP contribution in [0.2, 0.25) is 0 Å². The highest BCUT2D eigenvalue weighted by atomic mass is 16.5. The van der Waals surface area contributed by atoms with E-state index in [0.717, 1.165) is 36.5 Å². The summed E-state index contributed by atoms with van der Waals surface area (Å²) in [5.74, 6) is 1.06. The van der Waals surface area contributed by atoms with Gasteiger partial charge in [-0.25, -0.2) is 4.98 Å². The summed E-state index contributed by atoms with van der Waals surface area (Å²) in [6, 6.07) is 15.5. The van der Waals surface area contributed by atoms with Crippen LogP contribution < -0.4 is 5.32 Å². The van der Waals surface area contributed by atoms with Gasteiger partial charge in [-0.1, -0.05) is 24.3 Å². The Morgan fingerprint density at radius 1 is 1.28 bits per heavy atom. The van der Waals surface area contributed by atoms with Crippen LogP contribution in [0, 0.1) is 0 Å². The van der Waals surface area contributed by atoms with E-state index in [9.17, 15) is 4.79 Å². The van der Waals surface area contributed by atoms with E-state index >= 15 is 0 Å². The van der Waals surface area contributed by atoms with Crippen molar-refractivity contribution >= 4 is 16.9 Å². The summed E-state index contributed by atoms with van der Waals surface area (Å²) in [6.07, 6.45) is 1.01. The van der Waals surface area contributed by atoms with Crippen LogP contribution in [0.5, 0.6) is 0 Å². The maximum atomic E-state index is 12.6. The molecule has 2 atom stereocenters. The van der Waals surface area contributed by atoms with Crippen LogP contribution in [-0.4, -0.2) is 29.1 Å². The third kappa shape index (κ3) is 3.28. The minimum absolute atomic E-state index is 0.0891. The first-order valence-electron chi connectivity index (χ1n) is 8.64. The average Bonchev–Trinajstić information content (AvgIpc) is 3.31. The Kier molecular flexibility index (Phi) is 4.24. The van der Waals surface area contributed by atoms with E-state index < -0.39 is 0 Å². The molecule has 3 aromatic rings. The normalized spacial score (nSPS) is 18.4. The highest BCUT2D eigenvalue weighted by Crippen LogP contribution is 2.26. The molecule has 5 nitrogen and oxygen atoms in total. The number of H-pyrrole nitrogens is 1. The van der Waals surface area contributed by atoms with Gasteiger partial charge in [0.15, 0.2) is 0 Å². The molecule has 1 unspecified atom stereocenters. The van der Waals surface area contributed by atoms with Gasteiger partial charge in [-0.3, -0.25) is 4.79 Å². The first-order chi connectivity index (χ1) is 12.2. The summed E-state index contributed by atoms with van der Waals surface area (Å²) in [6.45, 7) is 3.47. The molecule has 0 radical (unpaired) electrons. The molecule has 1 amide bonds. The Bertz CT molecular complexity index is 864. The molecule has 0 spiro atoms. The van der Waals surface area contributed by atoms with E-state index in [2.05, 4.69) is 21.4 Å². The largest absolute Gasteiger partial charge is 0.381 e. The Morgan fingerprint density at radius 2 is 2.16 bits per heavy atom. The van der Waals surface area contributed by atoms with Gasteiger partial charge in [-0.2, -0.15) is 0 Å². The van der Waals surface area contributed by atoms with Crippen molar-refractivity contribution in [3.05, 3.63) is 65.5 Å². The molecule has 1 aromatic heterocycles. The summed E-state index contributed by atoms with van der Waals surface area (Å²) in [5, 5.41) is 3.03. The van der Waals surface area contributed by atoms with E-state index in [1.807, 2.05) is 49.4 Å². The van der Waals surface area contributed by atoms with Crippen molar-refractivity contribution in [1.82, 2.24) is 15.3 Å². The first kappa shape index (κ1) is 15.8. The quantitative estimate of drug-likeness (QED) is 0.766. The van der Waals surface area contributed by atoms with Crippen molar-refractivity contribution in [2.75, 3.05) is 13.2 Å². The topological polar surface area (TPSA) is 67.0 Å². The number of nitrogens with one attached hydrogen (secondary N) is 2. The van der Waals surface area contributed by atoms with Crippen LogP contribution in [0.25, 0.3) is 11.0 Å². The minimum Gasteiger partial charge on any atom is -0.381 e. The number of rotatable bonds is 4. The van der Waals surface area contributed by atoms with E-state index in [1.54, 1.807) is 0 Å². The second kappa shape index (κ2) is 6.69. The molecule has 1 aliphatic heterocycles. The molecule has 5 heteroatoms. The molecule has 128 valence electrons. The summed E-state index contributed by atoms with van der Waals surface area (Å²) in [4.78, 5) is 20.4. The zero-order valence-electron chi connectivity index (χ0n) is 14.2. The maximum absolute atomic E-state index is 12.6. The standard InChI is InChI=1S/C20H21N3O2/c1-13(19-22-17-7-2-3-8-18(17)23-19)21-20(24)15-6-4-5-14(11-15)16-9-10-25-12-16/h2-8,11,13,16H,9-10,12H2,1H3,(H,21,24)(H,22,23)/t13-,16?/m0/s1. The minimum atomic E-state index is -0.196. The van der Waals surface area contributed by atoms with E-state index in [-0.39, 0.29) is 11.9 Å². The number of hydrogen-bond donors (Lipinski definition) is 2. The summed E-state index contributed by atoms with van der Waals surface area (Å²) >= 11 is 0. The monoisotopic (exact) mass is 335 g/mol. The lowest BCUT2D eigenvalue weighted by molar-refractivity contribution is 0.0938. The maximum Gasteiger partial charge on any atom is 0.251 e. The number of nitrogens with zero attached hydrogens (tertiary/aromatic N) is 1. The number of amides is 1. The number of fused-ring (bicyclic) bond motifs is 1. The number of imidazole rings is 1. The third-order valence-corrected chi connectivity index (χ3v) is 4.72. The zero-order chi connectivity index (χ0) is 17.2. The number of hydrogen-bond acceptors (Lipinski definition) is 3. The average molecular weight is 335 g/mol. The lowest BCUT2D eigenvalue weighted by Crippen LogP contribution is -2.27. The molecule has 1 aliphatic rings. The van der Waals surface area contributed by atoms with Crippen molar-refractivity contribution in [3.8, 4) is 0 Å². The second-order valence-corrected chi connectivity index (χ2v) is 6.52. The van der Waals surface area contributed by atoms with Gasteiger partial charge in [0, 0.05) is 18.1 Å². The predicted molar refractivity (Wildman–Crippen MR) is 96.6 cm³/mol. The van der Waals surface area contributed by atoms with Crippen LogP contribution >= 0.6 is 0 Å². The molecule has 4 rings (SSSR count). The van der Waals surface area contributed by atoms with Crippen LogP contribution in [0.3, 0.4) is 0 Å². The zero-order valence-corrected chi connectivity index (χ0v) is 14.2. The Morgan fingerprint density at radius 3 is 2.96 bits per heavy atom. The molecule has 0 saturated carbocycles. The van der Waals surface area contributed by atoms with Crippen LogP contribution in [0.15, 0.2) is 48.5 Å². The fourth-order valence-corrected chi connectivity index (χ4v) is 3.26. The summed E-state index contributed by atoms with van der Waals surface area (Å²) in [5.41, 5.74) is 3.72. The number of carbonyl (C=O) groups is 1. The molecule has 2 aromatic carbocycles. The van der Waals surface area contributed by atoms with Gasteiger partial charge in [0.25, 0.3) is 5.91 Å². The SMILES string of the molecule is C[C@H](NC(=O)c1cccc(C2CCOC2)c1)c1nc2ccccc2[nH]1. The Hall–Kier alpha value is -2.66. The summed E-state index contributed by atoms with van der Waals surface area (Å²) < 4.78 is 5.45. The number of aromatic amines is 1. The van der Waals surface area contributed by atoms with Gasteiger partial charge >= 0.3 is 0 Å². The van der Waals surface area contributed by atoms with Crippen LogP contribution in [0.4, 0.5) is 0 Å². The van der Waals surface area contributed by atoms with Crippen molar-refractivity contribution in [2.45, 2.75) is 25.3 Å². The van der Waals surface area contributed by atoms with Gasteiger partial charge in [0.2, 0.25) is 0 Å². The van der Waals surface area contributed by atoms with Crippen LogP contribution in [-0.2, 0) is 4.74 Å². The molecular weight excluding hydrogens is 314 g/mol. The fraction of sp³-hybridized carbons (Fsp3) is 0.300. The van der Waals surface area contributed by atoms with Gasteiger partial charge in [-0.15, -0.1) is 0 Å². The van der Waals surface area contributed by atoms with Gasteiger partial charge < -0.3 is 15.0 Å². The molecule has 1 fully saturated rings. The molecule has 0 bridgehead atoms. The van der Waals surface area contributed by atoms with Crippen LogP contribution in [0.1, 0.15) is 47.1 Å². The number of carbonyl (C=O) groups excluding carboxylic acids is 1. The lowest BCUT2D eigenvalue weighted by Gasteiger charge is -2.13. The number of para-hydroxylation sites is 2. The highest BCUT2D eigenvalue weighted by Gasteiger charge is 2.20. The van der Waals surface area contributed by atoms with Gasteiger partial charge in [0.05, 0.1) is 23.7 Å². The van der Waals surface area contributed by atoms with Crippen molar-refractivity contribution in [1.29, 1.82) is 0 Å². The third-order valence-electron chi connectivity index (χ3n) is 4.72. The highest BCUT2D eigenvalue weighted by molar-refractivity contribution is 5.94. The lowest BCUT2D eigenvalue weighted by atomic mass is 9.96. The van der Waals surface area contributed by atoms with Gasteiger partial charge in [0.1, 0.15) is 5.82 Å². The van der Waals surface area contributed by atoms with Crippen molar-refractivity contribution in [3.63, 3.8) is 0 Å². The Balaban J connectivity index is 1.50. The Labute approximate surface area is 146 Å². The van der Waals surface area contributed by atoms with Crippen molar-refractivity contribution in [2.24, 2.45) is 0 Å². The van der Waals surface area contributed by atoms with Crippen molar-refractivity contribution < 1.29 is 9.53 Å². The molecule has 2 heterocycles.